The molecular weight excluding hydrogens is 418 g/mol. The Bertz CT molecular complexity index is 1030. The van der Waals surface area contributed by atoms with Crippen molar-refractivity contribution in [3.05, 3.63) is 59.2 Å². The maximum atomic E-state index is 12.5. The highest BCUT2D eigenvalue weighted by Gasteiger charge is 2.43. The molecule has 7 heteroatoms. The van der Waals surface area contributed by atoms with Crippen molar-refractivity contribution in [2.45, 2.75) is 25.8 Å². The molecule has 0 bridgehead atoms. The van der Waals surface area contributed by atoms with Crippen LogP contribution in [0.1, 0.15) is 36.1 Å². The lowest BCUT2D eigenvalue weighted by Crippen LogP contribution is -2.38. The van der Waals surface area contributed by atoms with Crippen LogP contribution in [0.2, 0.25) is 0 Å². The van der Waals surface area contributed by atoms with Gasteiger partial charge in [0.25, 0.3) is 0 Å². The minimum Gasteiger partial charge on any atom is -0.497 e. The van der Waals surface area contributed by atoms with Gasteiger partial charge in [-0.2, -0.15) is 5.10 Å². The molecule has 0 saturated carbocycles. The number of carbonyl (C=O) groups is 1. The van der Waals surface area contributed by atoms with Gasteiger partial charge in [-0.3, -0.25) is 9.69 Å². The van der Waals surface area contributed by atoms with Crippen LogP contribution in [0.3, 0.4) is 0 Å². The van der Waals surface area contributed by atoms with Gasteiger partial charge in [0.2, 0.25) is 5.91 Å². The lowest BCUT2D eigenvalue weighted by molar-refractivity contribution is -0.131. The molecule has 1 saturated heterocycles. The average molecular weight is 450 g/mol. The maximum absolute atomic E-state index is 12.5. The third-order valence-corrected chi connectivity index (χ3v) is 6.85. The minimum atomic E-state index is -0.0950. The van der Waals surface area contributed by atoms with E-state index in [0.717, 1.165) is 74.0 Å². The summed E-state index contributed by atoms with van der Waals surface area (Å²) in [5.41, 5.74) is 4.45. The van der Waals surface area contributed by atoms with E-state index in [1.807, 2.05) is 24.3 Å². The summed E-state index contributed by atoms with van der Waals surface area (Å²) in [5, 5.41) is 6.49. The van der Waals surface area contributed by atoms with Crippen molar-refractivity contribution in [2.24, 2.45) is 11.0 Å². The fourth-order valence-electron chi connectivity index (χ4n) is 5.09. The van der Waals surface area contributed by atoms with E-state index in [1.165, 1.54) is 5.56 Å². The number of carbonyl (C=O) groups excluding carboxylic acids is 1. The Morgan fingerprint density at radius 1 is 1.12 bits per heavy atom. The standard InChI is InChI=1S/C26H31N3O4/c1-18(30)29-26(20-4-7-21(31-2)8-5-20)23-10-6-19-3-9-22(17-24(19)25(23)27-29)33-16-13-28-11-14-32-15-12-28/h3-5,7-9,17,23,26H,6,10-16H2,1-2H3/t23-,26+/m1/s1. The van der Waals surface area contributed by atoms with Crippen molar-refractivity contribution in [1.82, 2.24) is 9.91 Å². The van der Waals surface area contributed by atoms with E-state index in [9.17, 15) is 4.79 Å². The number of methoxy groups -OCH3 is 1. The first-order valence-corrected chi connectivity index (χ1v) is 11.7. The smallest absolute Gasteiger partial charge is 0.240 e. The lowest BCUT2D eigenvalue weighted by Gasteiger charge is -2.29. The van der Waals surface area contributed by atoms with Crippen molar-refractivity contribution >= 4 is 11.6 Å². The molecule has 0 N–H and O–H groups in total. The summed E-state index contributed by atoms with van der Waals surface area (Å²) in [6.45, 7) is 6.62. The Labute approximate surface area is 194 Å². The van der Waals surface area contributed by atoms with E-state index in [2.05, 4.69) is 23.1 Å². The van der Waals surface area contributed by atoms with Crippen molar-refractivity contribution in [3.8, 4) is 11.5 Å². The van der Waals surface area contributed by atoms with Gasteiger partial charge in [-0.15, -0.1) is 0 Å². The van der Waals surface area contributed by atoms with Crippen molar-refractivity contribution in [2.75, 3.05) is 46.6 Å². The quantitative estimate of drug-likeness (QED) is 0.677. The molecule has 0 radical (unpaired) electrons. The Morgan fingerprint density at radius 3 is 2.61 bits per heavy atom. The second-order valence-electron chi connectivity index (χ2n) is 8.83. The number of aryl methyl sites for hydroxylation is 1. The summed E-state index contributed by atoms with van der Waals surface area (Å²) in [4.78, 5) is 14.9. The monoisotopic (exact) mass is 449 g/mol. The molecule has 2 aliphatic heterocycles. The van der Waals surface area contributed by atoms with Crippen LogP contribution < -0.4 is 9.47 Å². The minimum absolute atomic E-state index is 0.0443. The van der Waals surface area contributed by atoms with Crippen LogP contribution >= 0.6 is 0 Å². The van der Waals surface area contributed by atoms with E-state index in [0.29, 0.717) is 6.61 Å². The summed E-state index contributed by atoms with van der Waals surface area (Å²) in [7, 11) is 1.66. The highest BCUT2D eigenvalue weighted by Crippen LogP contribution is 2.44. The van der Waals surface area contributed by atoms with Gasteiger partial charge in [-0.05, 0) is 48.2 Å². The van der Waals surface area contributed by atoms with Gasteiger partial charge >= 0.3 is 0 Å². The molecule has 1 fully saturated rings. The molecular formula is C26H31N3O4. The van der Waals surface area contributed by atoms with Gasteiger partial charge in [0, 0.05) is 38.0 Å². The molecule has 174 valence electrons. The number of morpholine rings is 1. The second kappa shape index (κ2) is 9.53. The van der Waals surface area contributed by atoms with Gasteiger partial charge in [0.15, 0.2) is 0 Å². The zero-order chi connectivity index (χ0) is 22.8. The van der Waals surface area contributed by atoms with Crippen LogP contribution in [-0.4, -0.2) is 68.1 Å². The van der Waals surface area contributed by atoms with E-state index >= 15 is 0 Å². The molecule has 7 nitrogen and oxygen atoms in total. The molecule has 5 rings (SSSR count). The molecule has 33 heavy (non-hydrogen) atoms. The maximum Gasteiger partial charge on any atom is 0.240 e. The number of hydrogen-bond acceptors (Lipinski definition) is 6. The van der Waals surface area contributed by atoms with Gasteiger partial charge in [0.05, 0.1) is 32.1 Å². The number of ether oxygens (including phenoxy) is 3. The predicted molar refractivity (Wildman–Crippen MR) is 126 cm³/mol. The first-order chi connectivity index (χ1) is 16.1. The SMILES string of the molecule is COc1ccc([C@H]2[C@@H]3CCc4ccc(OCCN5CCOCC5)cc4C3=NN2C(C)=O)cc1. The number of rotatable bonds is 6. The van der Waals surface area contributed by atoms with Crippen LogP contribution in [-0.2, 0) is 16.0 Å². The number of hydrogen-bond donors (Lipinski definition) is 0. The molecule has 2 aromatic carbocycles. The predicted octanol–water partition coefficient (Wildman–Crippen LogP) is 3.28. The molecule has 0 spiro atoms. The van der Waals surface area contributed by atoms with Crippen LogP contribution in [0, 0.1) is 5.92 Å². The zero-order valence-electron chi connectivity index (χ0n) is 19.3. The fourth-order valence-corrected chi connectivity index (χ4v) is 5.09. The Hall–Kier alpha value is -2.90. The summed E-state index contributed by atoms with van der Waals surface area (Å²) in [5.74, 6) is 1.78. The van der Waals surface area contributed by atoms with E-state index in [4.69, 9.17) is 19.3 Å². The van der Waals surface area contributed by atoms with Crippen molar-refractivity contribution in [3.63, 3.8) is 0 Å². The Morgan fingerprint density at radius 2 is 1.88 bits per heavy atom. The summed E-state index contributed by atoms with van der Waals surface area (Å²) in [6.07, 6.45) is 1.93. The number of benzene rings is 2. The normalized spacial score (nSPS) is 22.4. The molecule has 0 unspecified atom stereocenters. The van der Waals surface area contributed by atoms with E-state index in [-0.39, 0.29) is 17.9 Å². The van der Waals surface area contributed by atoms with Crippen molar-refractivity contribution in [1.29, 1.82) is 0 Å². The number of hydrazone groups is 1. The van der Waals surface area contributed by atoms with E-state index < -0.39 is 0 Å². The molecule has 3 aliphatic rings. The van der Waals surface area contributed by atoms with Crippen LogP contribution in [0.5, 0.6) is 11.5 Å². The number of fused-ring (bicyclic) bond motifs is 3. The van der Waals surface area contributed by atoms with Gasteiger partial charge in [-0.1, -0.05) is 18.2 Å². The first-order valence-electron chi connectivity index (χ1n) is 11.7. The topological polar surface area (TPSA) is 63.6 Å². The van der Waals surface area contributed by atoms with Gasteiger partial charge in [0.1, 0.15) is 18.1 Å². The second-order valence-corrected chi connectivity index (χ2v) is 8.83. The fraction of sp³-hybridized carbons (Fsp3) is 0.462. The van der Waals surface area contributed by atoms with Gasteiger partial charge < -0.3 is 14.2 Å². The first kappa shape index (κ1) is 21.9. The average Bonchev–Trinajstić information content (AvgIpc) is 3.25. The molecule has 1 amide bonds. The van der Waals surface area contributed by atoms with Crippen molar-refractivity contribution < 1.29 is 19.0 Å². The third-order valence-electron chi connectivity index (χ3n) is 6.85. The van der Waals surface area contributed by atoms with Gasteiger partial charge in [-0.25, -0.2) is 5.01 Å². The largest absolute Gasteiger partial charge is 0.497 e. The van der Waals surface area contributed by atoms with E-state index in [1.54, 1.807) is 19.0 Å². The van der Waals surface area contributed by atoms with Crippen LogP contribution in [0.15, 0.2) is 47.6 Å². The molecule has 2 aromatic rings. The summed E-state index contributed by atoms with van der Waals surface area (Å²) in [6, 6.07) is 14.2. The zero-order valence-corrected chi connectivity index (χ0v) is 19.3. The lowest BCUT2D eigenvalue weighted by atomic mass is 9.77. The number of nitrogens with zero attached hydrogens (tertiary/aromatic N) is 3. The molecule has 0 aromatic heterocycles. The highest BCUT2D eigenvalue weighted by molar-refractivity contribution is 6.07. The molecule has 1 aliphatic carbocycles. The Balaban J connectivity index is 1.36. The molecule has 2 heterocycles. The molecule has 2 atom stereocenters. The Kier molecular flexibility index (Phi) is 6.33. The summed E-state index contributed by atoms with van der Waals surface area (Å²) >= 11 is 0. The van der Waals surface area contributed by atoms with Crippen LogP contribution in [0.4, 0.5) is 0 Å². The third kappa shape index (κ3) is 4.48. The summed E-state index contributed by atoms with van der Waals surface area (Å²) < 4.78 is 16.8. The highest BCUT2D eigenvalue weighted by atomic mass is 16.5. The van der Waals surface area contributed by atoms with Crippen LogP contribution in [0.25, 0.3) is 0 Å². The number of amides is 1.